The van der Waals surface area contributed by atoms with Crippen molar-refractivity contribution < 1.29 is 14.3 Å². The van der Waals surface area contributed by atoms with Crippen LogP contribution in [0, 0.1) is 0 Å². The predicted octanol–water partition coefficient (Wildman–Crippen LogP) is 4.74. The molecule has 0 aliphatic rings. The Morgan fingerprint density at radius 1 is 0.893 bits per heavy atom. The largest absolute Gasteiger partial charge is 0.462 e. The fourth-order valence-corrected chi connectivity index (χ4v) is 2.70. The number of aromatic nitrogens is 1. The quantitative estimate of drug-likeness (QED) is 0.633. The van der Waals surface area contributed by atoms with Gasteiger partial charge in [0, 0.05) is 23.0 Å². The van der Waals surface area contributed by atoms with E-state index in [4.69, 9.17) is 4.74 Å². The molecule has 0 radical (unpaired) electrons. The van der Waals surface area contributed by atoms with Crippen LogP contribution in [0.4, 0.5) is 5.69 Å². The lowest BCUT2D eigenvalue weighted by Gasteiger charge is -2.08. The Labute approximate surface area is 164 Å². The first-order chi connectivity index (χ1) is 13.6. The van der Waals surface area contributed by atoms with E-state index in [0.29, 0.717) is 23.4 Å². The number of carbonyl (C=O) groups is 2. The molecule has 0 aliphatic carbocycles. The molecule has 0 spiro atoms. The molecule has 1 heterocycles. The molecular weight excluding hydrogens is 352 g/mol. The molecule has 2 aromatic carbocycles. The molecule has 0 atom stereocenters. The molecule has 5 nitrogen and oxygen atoms in total. The molecule has 5 heteroatoms. The lowest BCUT2D eigenvalue weighted by Crippen LogP contribution is -2.12. The zero-order valence-corrected chi connectivity index (χ0v) is 15.9. The highest BCUT2D eigenvalue weighted by molar-refractivity contribution is 6.04. The third-order valence-corrected chi connectivity index (χ3v) is 4.33. The summed E-state index contributed by atoms with van der Waals surface area (Å²) in [5.74, 6) is -0.596. The first-order valence-corrected chi connectivity index (χ1v) is 9.24. The van der Waals surface area contributed by atoms with E-state index >= 15 is 0 Å². The molecule has 3 aromatic rings. The zero-order valence-electron chi connectivity index (χ0n) is 15.9. The summed E-state index contributed by atoms with van der Waals surface area (Å²) in [7, 11) is 0. The molecule has 0 bridgehead atoms. The van der Waals surface area contributed by atoms with Gasteiger partial charge in [0.2, 0.25) is 0 Å². The average Bonchev–Trinajstić information content (AvgIpc) is 2.74. The molecule has 3 rings (SSSR count). The Bertz CT molecular complexity index is 947. The van der Waals surface area contributed by atoms with Gasteiger partial charge in [0.05, 0.1) is 17.9 Å². The Morgan fingerprint density at radius 3 is 2.14 bits per heavy atom. The van der Waals surface area contributed by atoms with Crippen molar-refractivity contribution in [1.82, 2.24) is 4.98 Å². The maximum absolute atomic E-state index is 12.4. The van der Waals surface area contributed by atoms with Crippen molar-refractivity contribution in [2.75, 3.05) is 11.9 Å². The van der Waals surface area contributed by atoms with Gasteiger partial charge in [-0.3, -0.25) is 9.78 Å². The van der Waals surface area contributed by atoms with Crippen LogP contribution in [0.3, 0.4) is 0 Å². The molecular formula is C23H22N2O3. The smallest absolute Gasteiger partial charge is 0.338 e. The number of nitrogens with zero attached hydrogens (tertiary/aromatic N) is 1. The maximum atomic E-state index is 12.4. The minimum absolute atomic E-state index is 0.218. The SMILES string of the molecule is CCOC(=O)c1ccc(NC(=O)c2ccc(-c3ccc(CC)cn3)cc2)cc1. The average molecular weight is 374 g/mol. The van der Waals surface area contributed by atoms with Crippen molar-refractivity contribution >= 4 is 17.6 Å². The fraction of sp³-hybridized carbons (Fsp3) is 0.174. The second-order valence-electron chi connectivity index (χ2n) is 6.23. The van der Waals surface area contributed by atoms with Gasteiger partial charge in [-0.2, -0.15) is 0 Å². The van der Waals surface area contributed by atoms with E-state index < -0.39 is 0 Å². The van der Waals surface area contributed by atoms with Crippen molar-refractivity contribution in [3.8, 4) is 11.3 Å². The van der Waals surface area contributed by atoms with Crippen LogP contribution in [0.15, 0.2) is 66.9 Å². The number of esters is 1. The summed E-state index contributed by atoms with van der Waals surface area (Å²) >= 11 is 0. The van der Waals surface area contributed by atoms with Crippen LogP contribution in [-0.4, -0.2) is 23.5 Å². The van der Waals surface area contributed by atoms with E-state index in [2.05, 4.69) is 23.3 Å². The molecule has 1 aromatic heterocycles. The zero-order chi connectivity index (χ0) is 19.9. The van der Waals surface area contributed by atoms with E-state index in [0.717, 1.165) is 17.7 Å². The first kappa shape index (κ1) is 19.3. The Balaban J connectivity index is 1.66. The van der Waals surface area contributed by atoms with Gasteiger partial charge in [0.15, 0.2) is 0 Å². The Morgan fingerprint density at radius 2 is 1.57 bits per heavy atom. The summed E-state index contributed by atoms with van der Waals surface area (Å²) in [5.41, 5.74) is 4.62. The van der Waals surface area contributed by atoms with Crippen LogP contribution in [-0.2, 0) is 11.2 Å². The highest BCUT2D eigenvalue weighted by Gasteiger charge is 2.09. The van der Waals surface area contributed by atoms with Crippen molar-refractivity contribution in [2.24, 2.45) is 0 Å². The molecule has 0 saturated heterocycles. The second-order valence-corrected chi connectivity index (χ2v) is 6.23. The summed E-state index contributed by atoms with van der Waals surface area (Å²) in [6, 6.07) is 18.0. The number of pyridine rings is 1. The minimum atomic E-state index is -0.378. The second kappa shape index (κ2) is 8.95. The number of benzene rings is 2. The standard InChI is InChI=1S/C23H22N2O3/c1-3-16-5-14-21(24-15-16)17-6-8-18(9-7-17)22(26)25-20-12-10-19(11-13-20)23(27)28-4-2/h5-15H,3-4H2,1-2H3,(H,25,26). The van der Waals surface area contributed by atoms with Crippen molar-refractivity contribution in [2.45, 2.75) is 20.3 Å². The number of rotatable bonds is 6. The summed E-state index contributed by atoms with van der Waals surface area (Å²) < 4.78 is 4.95. The number of amides is 1. The molecule has 142 valence electrons. The van der Waals surface area contributed by atoms with Gasteiger partial charge < -0.3 is 10.1 Å². The summed E-state index contributed by atoms with van der Waals surface area (Å²) in [6.07, 6.45) is 2.82. The summed E-state index contributed by atoms with van der Waals surface area (Å²) in [6.45, 7) is 4.17. The van der Waals surface area contributed by atoms with Gasteiger partial charge in [-0.1, -0.05) is 25.1 Å². The molecule has 0 aliphatic heterocycles. The van der Waals surface area contributed by atoms with Crippen LogP contribution in [0.5, 0.6) is 0 Å². The molecule has 1 amide bonds. The molecule has 28 heavy (non-hydrogen) atoms. The maximum Gasteiger partial charge on any atom is 0.338 e. The fourth-order valence-electron chi connectivity index (χ4n) is 2.70. The molecule has 0 saturated carbocycles. The number of anilines is 1. The monoisotopic (exact) mass is 374 g/mol. The lowest BCUT2D eigenvalue weighted by molar-refractivity contribution is 0.0526. The lowest BCUT2D eigenvalue weighted by atomic mass is 10.1. The van der Waals surface area contributed by atoms with Crippen LogP contribution in [0.25, 0.3) is 11.3 Å². The van der Waals surface area contributed by atoms with Crippen molar-refractivity contribution in [3.05, 3.63) is 83.6 Å². The van der Waals surface area contributed by atoms with Crippen molar-refractivity contribution in [3.63, 3.8) is 0 Å². The molecule has 1 N–H and O–H groups in total. The van der Waals surface area contributed by atoms with Gasteiger partial charge in [-0.25, -0.2) is 4.79 Å². The predicted molar refractivity (Wildman–Crippen MR) is 109 cm³/mol. The van der Waals surface area contributed by atoms with Gasteiger partial charge in [0.25, 0.3) is 5.91 Å². The molecule has 0 unspecified atom stereocenters. The minimum Gasteiger partial charge on any atom is -0.462 e. The van der Waals surface area contributed by atoms with Crippen LogP contribution >= 0.6 is 0 Å². The van der Waals surface area contributed by atoms with Crippen molar-refractivity contribution in [1.29, 1.82) is 0 Å². The first-order valence-electron chi connectivity index (χ1n) is 9.24. The van der Waals surface area contributed by atoms with Gasteiger partial charge in [0.1, 0.15) is 0 Å². The van der Waals surface area contributed by atoms with Crippen LogP contribution in [0.2, 0.25) is 0 Å². The van der Waals surface area contributed by atoms with Crippen LogP contribution < -0.4 is 5.32 Å². The number of hydrogen-bond acceptors (Lipinski definition) is 4. The number of carbonyl (C=O) groups excluding carboxylic acids is 2. The third-order valence-electron chi connectivity index (χ3n) is 4.33. The molecule has 0 fully saturated rings. The van der Waals surface area contributed by atoms with E-state index in [-0.39, 0.29) is 11.9 Å². The van der Waals surface area contributed by atoms with E-state index in [1.807, 2.05) is 24.4 Å². The number of ether oxygens (including phenoxy) is 1. The normalized spacial score (nSPS) is 10.4. The summed E-state index contributed by atoms with van der Waals surface area (Å²) in [5, 5.41) is 2.82. The Hall–Kier alpha value is -3.47. The number of nitrogens with one attached hydrogen (secondary N) is 1. The van der Waals surface area contributed by atoms with Crippen LogP contribution in [0.1, 0.15) is 40.1 Å². The third kappa shape index (κ3) is 4.62. The Kier molecular flexibility index (Phi) is 6.17. The highest BCUT2D eigenvalue weighted by Crippen LogP contribution is 2.19. The topological polar surface area (TPSA) is 68.3 Å². The van der Waals surface area contributed by atoms with E-state index in [1.54, 1.807) is 43.3 Å². The van der Waals surface area contributed by atoms with E-state index in [1.165, 1.54) is 5.56 Å². The van der Waals surface area contributed by atoms with Gasteiger partial charge >= 0.3 is 5.97 Å². The number of aryl methyl sites for hydroxylation is 1. The van der Waals surface area contributed by atoms with Gasteiger partial charge in [-0.15, -0.1) is 0 Å². The highest BCUT2D eigenvalue weighted by atomic mass is 16.5. The number of hydrogen-bond donors (Lipinski definition) is 1. The van der Waals surface area contributed by atoms with E-state index in [9.17, 15) is 9.59 Å². The van der Waals surface area contributed by atoms with Gasteiger partial charge in [-0.05, 0) is 61.4 Å². The summed E-state index contributed by atoms with van der Waals surface area (Å²) in [4.78, 5) is 28.6.